The molecule has 34 heavy (non-hydrogen) atoms. The topological polar surface area (TPSA) is 90.5 Å². The number of carbonyl (C=O) groups is 2. The molecule has 0 saturated heterocycles. The van der Waals surface area contributed by atoms with E-state index in [1.165, 1.54) is 0 Å². The number of nitrogens with zero attached hydrogens (tertiary/aromatic N) is 1. The second-order valence-corrected chi connectivity index (χ2v) is 11.6. The third-order valence-electron chi connectivity index (χ3n) is 7.44. The summed E-state index contributed by atoms with van der Waals surface area (Å²) in [7, 11) is 0. The first-order chi connectivity index (χ1) is 16.0. The van der Waals surface area contributed by atoms with Crippen LogP contribution in [0.2, 0.25) is 0 Å². The molecule has 2 N–H and O–H groups in total. The second-order valence-electron chi connectivity index (χ2n) is 11.6. The Morgan fingerprint density at radius 3 is 2.03 bits per heavy atom. The van der Waals surface area contributed by atoms with E-state index < -0.39 is 5.92 Å². The number of pyridine rings is 1. The number of allylic oxidation sites excluding steroid dienone is 4. The number of β-amino-alcohol motifs (C(OH)–C–C–N with tert-alkyl or cyclic N) is 1. The van der Waals surface area contributed by atoms with Gasteiger partial charge in [0.2, 0.25) is 0 Å². The van der Waals surface area contributed by atoms with E-state index >= 15 is 0 Å². The van der Waals surface area contributed by atoms with Crippen molar-refractivity contribution in [3.63, 3.8) is 0 Å². The molecule has 178 valence electrons. The Hall–Kier alpha value is -2.99. The molecule has 1 aromatic heterocycles. The molecule has 0 atom stereocenters. The summed E-state index contributed by atoms with van der Waals surface area (Å²) in [6.45, 7) is 8.53. The highest BCUT2D eigenvalue weighted by Gasteiger charge is 2.49. The van der Waals surface area contributed by atoms with Crippen LogP contribution in [-0.4, -0.2) is 39.7 Å². The number of aromatic nitrogens is 1. The summed E-state index contributed by atoms with van der Waals surface area (Å²) in [6.07, 6.45) is 2.04. The maximum Gasteiger partial charge on any atom is 0.252 e. The van der Waals surface area contributed by atoms with Crippen molar-refractivity contribution in [2.75, 3.05) is 13.2 Å². The highest BCUT2D eigenvalue weighted by Crippen LogP contribution is 2.53. The van der Waals surface area contributed by atoms with Crippen LogP contribution in [0.15, 0.2) is 57.7 Å². The predicted molar refractivity (Wildman–Crippen MR) is 131 cm³/mol. The molecule has 0 bridgehead atoms. The average molecular weight is 461 g/mol. The molecule has 5 rings (SSSR count). The number of aliphatic hydroxyl groups excluding tert-OH is 1. The summed E-state index contributed by atoms with van der Waals surface area (Å²) >= 11 is 0. The van der Waals surface area contributed by atoms with Gasteiger partial charge in [-0.25, -0.2) is 0 Å². The van der Waals surface area contributed by atoms with Crippen LogP contribution in [0, 0.1) is 10.8 Å². The van der Waals surface area contributed by atoms with Gasteiger partial charge in [-0.05, 0) is 41.2 Å². The molecule has 0 unspecified atom stereocenters. The normalized spacial score (nSPS) is 22.3. The van der Waals surface area contributed by atoms with E-state index in [1.54, 1.807) is 0 Å². The number of para-hydroxylation sites is 1. The Balaban J connectivity index is 1.83. The number of hydrogen-bond acceptors (Lipinski definition) is 5. The molecule has 1 aromatic carbocycles. The largest absolute Gasteiger partial charge is 0.395 e. The lowest BCUT2D eigenvalue weighted by atomic mass is 9.63. The minimum absolute atomic E-state index is 0.0177. The fraction of sp³-hybridized carbons (Fsp3) is 0.464. The van der Waals surface area contributed by atoms with Gasteiger partial charge in [-0.2, -0.15) is 0 Å². The quantitative estimate of drug-likeness (QED) is 0.716. The molecule has 0 fully saturated rings. The van der Waals surface area contributed by atoms with Crippen LogP contribution in [-0.2, 0) is 9.59 Å². The molecule has 2 aromatic rings. The molecule has 0 radical (unpaired) electrons. The first-order valence-electron chi connectivity index (χ1n) is 12.0. The zero-order chi connectivity index (χ0) is 24.4. The van der Waals surface area contributed by atoms with Crippen LogP contribution >= 0.6 is 0 Å². The molecule has 0 spiro atoms. The van der Waals surface area contributed by atoms with Gasteiger partial charge in [0, 0.05) is 58.9 Å². The van der Waals surface area contributed by atoms with Crippen molar-refractivity contribution in [1.29, 1.82) is 0 Å². The van der Waals surface area contributed by atoms with E-state index in [0.29, 0.717) is 48.9 Å². The minimum atomic E-state index is -0.680. The fourth-order valence-corrected chi connectivity index (χ4v) is 6.11. The second kappa shape index (κ2) is 7.77. The summed E-state index contributed by atoms with van der Waals surface area (Å²) in [5.41, 5.74) is 3.25. The molecule has 2 aliphatic carbocycles. The highest BCUT2D eigenvalue weighted by atomic mass is 16.3. The number of carbonyl (C=O) groups excluding carboxylic acids is 2. The van der Waals surface area contributed by atoms with E-state index in [9.17, 15) is 19.5 Å². The lowest BCUT2D eigenvalue weighted by Gasteiger charge is -2.48. The van der Waals surface area contributed by atoms with Crippen molar-refractivity contribution < 1.29 is 14.7 Å². The van der Waals surface area contributed by atoms with Gasteiger partial charge in [0.25, 0.3) is 5.56 Å². The van der Waals surface area contributed by atoms with Crippen molar-refractivity contribution in [2.24, 2.45) is 10.8 Å². The number of hydrogen-bond donors (Lipinski definition) is 2. The number of Topliss-reactive ketones (excluding diaryl/α,β-unsaturated/α-hetero) is 2. The summed E-state index contributed by atoms with van der Waals surface area (Å²) in [5, 5.41) is 10.8. The van der Waals surface area contributed by atoms with Gasteiger partial charge in [-0.1, -0.05) is 45.9 Å². The Kier molecular flexibility index (Phi) is 5.21. The number of benzene rings is 1. The van der Waals surface area contributed by atoms with E-state index in [1.807, 2.05) is 35.2 Å². The standard InChI is InChI=1S/C28H32N2O4/c1-27(2)12-19-24(21(32)14-27)23(17-11-16-7-5-6-8-18(16)29-26(17)34)25-20(30(19)9-10-31)13-28(3,4)15-22(25)33/h5-8,11,23,31H,9-10,12-15H2,1-4H3,(H,29,34). The first-order valence-corrected chi connectivity index (χ1v) is 12.0. The Bertz CT molecular complexity index is 1290. The summed E-state index contributed by atoms with van der Waals surface area (Å²) in [6, 6.07) is 9.40. The predicted octanol–water partition coefficient (Wildman–Crippen LogP) is 4.21. The van der Waals surface area contributed by atoms with Crippen LogP contribution in [0.25, 0.3) is 10.9 Å². The zero-order valence-corrected chi connectivity index (χ0v) is 20.3. The number of fused-ring (bicyclic) bond motifs is 1. The maximum atomic E-state index is 13.7. The maximum absolute atomic E-state index is 13.7. The average Bonchev–Trinajstić information content (AvgIpc) is 2.72. The Morgan fingerprint density at radius 1 is 0.912 bits per heavy atom. The lowest BCUT2D eigenvalue weighted by Crippen LogP contribution is -2.45. The van der Waals surface area contributed by atoms with Crippen LogP contribution in [0.3, 0.4) is 0 Å². The van der Waals surface area contributed by atoms with Crippen molar-refractivity contribution >= 4 is 22.5 Å². The van der Waals surface area contributed by atoms with Crippen LogP contribution in [0.1, 0.15) is 64.9 Å². The summed E-state index contributed by atoms with van der Waals surface area (Å²) in [4.78, 5) is 45.7. The van der Waals surface area contributed by atoms with E-state index in [4.69, 9.17) is 0 Å². The highest BCUT2D eigenvalue weighted by molar-refractivity contribution is 6.07. The molecule has 1 aliphatic heterocycles. The van der Waals surface area contributed by atoms with E-state index in [2.05, 4.69) is 32.7 Å². The van der Waals surface area contributed by atoms with E-state index in [-0.39, 0.29) is 34.6 Å². The van der Waals surface area contributed by atoms with Gasteiger partial charge in [-0.3, -0.25) is 14.4 Å². The molecule has 6 nitrogen and oxygen atoms in total. The lowest BCUT2D eigenvalue weighted by molar-refractivity contribution is -0.119. The smallest absolute Gasteiger partial charge is 0.252 e. The number of ketones is 2. The van der Waals surface area contributed by atoms with Gasteiger partial charge in [0.15, 0.2) is 11.6 Å². The minimum Gasteiger partial charge on any atom is -0.395 e. The Morgan fingerprint density at radius 2 is 1.47 bits per heavy atom. The van der Waals surface area contributed by atoms with Crippen molar-refractivity contribution in [3.8, 4) is 0 Å². The third kappa shape index (κ3) is 3.65. The molecular weight excluding hydrogens is 428 g/mol. The fourth-order valence-electron chi connectivity index (χ4n) is 6.11. The molecule has 3 aliphatic rings. The van der Waals surface area contributed by atoms with Gasteiger partial charge in [0.1, 0.15) is 0 Å². The van der Waals surface area contributed by atoms with Gasteiger partial charge in [-0.15, -0.1) is 0 Å². The van der Waals surface area contributed by atoms with Crippen LogP contribution in [0.4, 0.5) is 0 Å². The third-order valence-corrected chi connectivity index (χ3v) is 7.44. The van der Waals surface area contributed by atoms with Gasteiger partial charge in [0.05, 0.1) is 6.61 Å². The summed E-state index contributed by atoms with van der Waals surface area (Å²) in [5.74, 6) is -0.715. The first kappa shape index (κ1) is 22.8. The SMILES string of the molecule is CC1(C)CC(=O)C2=C(C1)N(CCO)C1=C(C(=O)CC(C)(C)C1)C2c1cc2ccccc2[nH]c1=O. The van der Waals surface area contributed by atoms with Crippen molar-refractivity contribution in [3.05, 3.63) is 68.8 Å². The number of H-pyrrole nitrogens is 1. The van der Waals surface area contributed by atoms with Crippen LogP contribution < -0.4 is 5.56 Å². The monoisotopic (exact) mass is 460 g/mol. The van der Waals surface area contributed by atoms with Crippen molar-refractivity contribution in [2.45, 2.75) is 59.3 Å². The van der Waals surface area contributed by atoms with Crippen molar-refractivity contribution in [1.82, 2.24) is 9.88 Å². The molecular formula is C28H32N2O4. The Labute approximate surface area is 199 Å². The molecule has 0 amide bonds. The number of aromatic amines is 1. The zero-order valence-electron chi connectivity index (χ0n) is 20.3. The molecule has 6 heteroatoms. The number of rotatable bonds is 3. The number of nitrogens with one attached hydrogen (secondary N) is 1. The van der Waals surface area contributed by atoms with Gasteiger partial charge >= 0.3 is 0 Å². The van der Waals surface area contributed by atoms with Crippen LogP contribution in [0.5, 0.6) is 0 Å². The van der Waals surface area contributed by atoms with Gasteiger partial charge < -0.3 is 15.0 Å². The molecule has 2 heterocycles. The number of aliphatic hydroxyl groups is 1. The van der Waals surface area contributed by atoms with E-state index in [0.717, 1.165) is 22.3 Å². The molecule has 0 saturated carbocycles. The summed E-state index contributed by atoms with van der Waals surface area (Å²) < 4.78 is 0.